The smallest absolute Gasteiger partial charge is 0.0976 e. The van der Waals surface area contributed by atoms with E-state index in [1.165, 1.54) is 12.8 Å². The van der Waals surface area contributed by atoms with Crippen LogP contribution in [0, 0.1) is 11.3 Å². The Hall–Kier alpha value is -0.630. The Balaban J connectivity index is 1.78. The molecule has 0 radical (unpaired) electrons. The highest BCUT2D eigenvalue weighted by Crippen LogP contribution is 2.30. The summed E-state index contributed by atoms with van der Waals surface area (Å²) in [7, 11) is 0. The normalized spacial score (nSPS) is 26.9. The third-order valence-corrected chi connectivity index (χ3v) is 4.44. The van der Waals surface area contributed by atoms with Gasteiger partial charge in [-0.2, -0.15) is 5.26 Å². The summed E-state index contributed by atoms with van der Waals surface area (Å²) in [6, 6.07) is 2.45. The predicted octanol–water partition coefficient (Wildman–Crippen LogP) is 1.21. The summed E-state index contributed by atoms with van der Waals surface area (Å²) in [6.45, 7) is 6.79. The van der Waals surface area contributed by atoms with Crippen LogP contribution in [0.5, 0.6) is 0 Å². The predicted molar refractivity (Wildman–Crippen MR) is 71.1 cm³/mol. The molecule has 0 bridgehead atoms. The second kappa shape index (κ2) is 6.01. The van der Waals surface area contributed by atoms with Crippen molar-refractivity contribution in [1.29, 1.82) is 5.26 Å². The lowest BCUT2D eigenvalue weighted by molar-refractivity contribution is -0.00695. The van der Waals surface area contributed by atoms with Crippen molar-refractivity contribution >= 4 is 0 Å². The van der Waals surface area contributed by atoms with Gasteiger partial charge < -0.3 is 5.11 Å². The number of nitrogens with zero attached hydrogens (tertiary/aromatic N) is 3. The number of piperazine rings is 1. The number of nitriles is 1. The van der Waals surface area contributed by atoms with E-state index in [4.69, 9.17) is 5.26 Å². The highest BCUT2D eigenvalue weighted by atomic mass is 16.3. The Bertz CT molecular complexity index is 299. The number of hydrogen-bond acceptors (Lipinski definition) is 4. The van der Waals surface area contributed by atoms with Gasteiger partial charge in [0.1, 0.15) is 0 Å². The Morgan fingerprint density at radius 3 is 2.33 bits per heavy atom. The van der Waals surface area contributed by atoms with Gasteiger partial charge in [0.25, 0.3) is 0 Å². The Morgan fingerprint density at radius 1 is 1.22 bits per heavy atom. The molecule has 0 aromatic rings. The van der Waals surface area contributed by atoms with Crippen LogP contribution in [0.1, 0.15) is 39.0 Å². The summed E-state index contributed by atoms with van der Waals surface area (Å²) in [4.78, 5) is 4.64. The first-order valence-corrected chi connectivity index (χ1v) is 7.25. The maximum absolute atomic E-state index is 10.4. The van der Waals surface area contributed by atoms with Crippen LogP contribution in [0.4, 0.5) is 0 Å². The van der Waals surface area contributed by atoms with Crippen molar-refractivity contribution < 1.29 is 5.11 Å². The van der Waals surface area contributed by atoms with Gasteiger partial charge in [0.15, 0.2) is 0 Å². The van der Waals surface area contributed by atoms with Crippen molar-refractivity contribution in [3.63, 3.8) is 0 Å². The maximum atomic E-state index is 10.4. The van der Waals surface area contributed by atoms with Crippen molar-refractivity contribution in [2.45, 2.75) is 50.7 Å². The summed E-state index contributed by atoms with van der Waals surface area (Å²) >= 11 is 0. The van der Waals surface area contributed by atoms with Crippen molar-refractivity contribution in [2.75, 3.05) is 32.7 Å². The first kappa shape index (κ1) is 13.8. The van der Waals surface area contributed by atoms with Gasteiger partial charge in [0.2, 0.25) is 0 Å². The number of rotatable bonds is 4. The van der Waals surface area contributed by atoms with Gasteiger partial charge in [-0.05, 0) is 19.3 Å². The standard InChI is InChI=1S/C14H25N3O/c1-2-13(11-15)17-9-7-16(8-10-17)12-14(18)5-3-4-6-14/h13,18H,2-10,12H2,1H3. The third-order valence-electron chi connectivity index (χ3n) is 4.44. The second-order valence-corrected chi connectivity index (χ2v) is 5.80. The minimum absolute atomic E-state index is 0.0710. The van der Waals surface area contributed by atoms with Gasteiger partial charge in [-0.3, -0.25) is 9.80 Å². The quantitative estimate of drug-likeness (QED) is 0.816. The van der Waals surface area contributed by atoms with Gasteiger partial charge >= 0.3 is 0 Å². The lowest BCUT2D eigenvalue weighted by atomic mass is 10.0. The van der Waals surface area contributed by atoms with E-state index in [2.05, 4.69) is 22.8 Å². The maximum Gasteiger partial charge on any atom is 0.0976 e. The van der Waals surface area contributed by atoms with E-state index < -0.39 is 5.60 Å². The highest BCUT2D eigenvalue weighted by Gasteiger charge is 2.34. The van der Waals surface area contributed by atoms with E-state index in [0.29, 0.717) is 0 Å². The van der Waals surface area contributed by atoms with Crippen LogP contribution in [-0.4, -0.2) is 59.3 Å². The van der Waals surface area contributed by atoms with Crippen LogP contribution >= 0.6 is 0 Å². The zero-order chi connectivity index (χ0) is 13.0. The fraction of sp³-hybridized carbons (Fsp3) is 0.929. The zero-order valence-electron chi connectivity index (χ0n) is 11.4. The van der Waals surface area contributed by atoms with Crippen molar-refractivity contribution in [3.05, 3.63) is 0 Å². The second-order valence-electron chi connectivity index (χ2n) is 5.80. The molecule has 1 heterocycles. The van der Waals surface area contributed by atoms with Gasteiger partial charge in [0, 0.05) is 32.7 Å². The van der Waals surface area contributed by atoms with Gasteiger partial charge in [-0.25, -0.2) is 0 Å². The topological polar surface area (TPSA) is 50.5 Å². The van der Waals surface area contributed by atoms with E-state index in [-0.39, 0.29) is 6.04 Å². The molecule has 1 unspecified atom stereocenters. The molecule has 1 saturated heterocycles. The molecule has 1 aliphatic carbocycles. The molecular formula is C14H25N3O. The monoisotopic (exact) mass is 251 g/mol. The minimum Gasteiger partial charge on any atom is -0.389 e. The first-order chi connectivity index (χ1) is 8.67. The zero-order valence-corrected chi connectivity index (χ0v) is 11.4. The summed E-state index contributed by atoms with van der Waals surface area (Å²) < 4.78 is 0. The van der Waals surface area contributed by atoms with Crippen LogP contribution in [0.25, 0.3) is 0 Å². The Labute approximate surface area is 110 Å². The molecule has 1 atom stereocenters. The van der Waals surface area contributed by atoms with E-state index in [0.717, 1.165) is 52.0 Å². The molecule has 0 aromatic heterocycles. The van der Waals surface area contributed by atoms with Crippen LogP contribution < -0.4 is 0 Å². The van der Waals surface area contributed by atoms with Crippen molar-refractivity contribution in [1.82, 2.24) is 9.80 Å². The molecule has 0 spiro atoms. The lowest BCUT2D eigenvalue weighted by Gasteiger charge is -2.39. The van der Waals surface area contributed by atoms with Crippen LogP contribution in [0.3, 0.4) is 0 Å². The van der Waals surface area contributed by atoms with E-state index in [1.54, 1.807) is 0 Å². The summed E-state index contributed by atoms with van der Waals surface area (Å²) in [6.07, 6.45) is 5.16. The fourth-order valence-corrected chi connectivity index (χ4v) is 3.27. The molecule has 102 valence electrons. The molecule has 0 amide bonds. The molecule has 18 heavy (non-hydrogen) atoms. The van der Waals surface area contributed by atoms with Crippen LogP contribution in [-0.2, 0) is 0 Å². The molecular weight excluding hydrogens is 226 g/mol. The van der Waals surface area contributed by atoms with E-state index in [9.17, 15) is 5.11 Å². The Morgan fingerprint density at radius 2 is 1.83 bits per heavy atom. The SMILES string of the molecule is CCC(C#N)N1CCN(CC2(O)CCCC2)CC1. The van der Waals surface area contributed by atoms with Crippen molar-refractivity contribution in [2.24, 2.45) is 0 Å². The minimum atomic E-state index is -0.429. The summed E-state index contributed by atoms with van der Waals surface area (Å²) in [5.74, 6) is 0. The fourth-order valence-electron chi connectivity index (χ4n) is 3.27. The highest BCUT2D eigenvalue weighted by molar-refractivity contribution is 4.94. The molecule has 4 heteroatoms. The molecule has 4 nitrogen and oxygen atoms in total. The Kier molecular flexibility index (Phi) is 4.60. The molecule has 1 aliphatic heterocycles. The van der Waals surface area contributed by atoms with E-state index >= 15 is 0 Å². The third kappa shape index (κ3) is 3.23. The molecule has 2 aliphatic rings. The van der Waals surface area contributed by atoms with E-state index in [1.807, 2.05) is 0 Å². The number of hydrogen-bond donors (Lipinski definition) is 1. The average Bonchev–Trinajstić information content (AvgIpc) is 2.79. The van der Waals surface area contributed by atoms with Crippen LogP contribution in [0.2, 0.25) is 0 Å². The largest absolute Gasteiger partial charge is 0.389 e. The lowest BCUT2D eigenvalue weighted by Crippen LogP contribution is -2.53. The first-order valence-electron chi connectivity index (χ1n) is 7.25. The summed E-state index contributed by atoms with van der Waals surface area (Å²) in [5.41, 5.74) is -0.429. The van der Waals surface area contributed by atoms with Crippen molar-refractivity contribution in [3.8, 4) is 6.07 Å². The van der Waals surface area contributed by atoms with Crippen LogP contribution in [0.15, 0.2) is 0 Å². The molecule has 1 saturated carbocycles. The average molecular weight is 251 g/mol. The molecule has 2 fully saturated rings. The summed E-state index contributed by atoms with van der Waals surface area (Å²) in [5, 5.41) is 19.5. The number of aliphatic hydroxyl groups is 1. The number of β-amino-alcohol motifs (C(OH)–C–C–N with tert-alkyl or cyclic N) is 1. The van der Waals surface area contributed by atoms with Gasteiger partial charge in [-0.15, -0.1) is 0 Å². The molecule has 0 aromatic carbocycles. The van der Waals surface area contributed by atoms with Gasteiger partial charge in [0.05, 0.1) is 17.7 Å². The molecule has 2 rings (SSSR count). The molecule has 1 N–H and O–H groups in total. The van der Waals surface area contributed by atoms with Gasteiger partial charge in [-0.1, -0.05) is 19.8 Å².